The lowest BCUT2D eigenvalue weighted by molar-refractivity contribution is 0.477. The number of benzene rings is 1. The maximum atomic E-state index is 11.9. The maximum Gasteiger partial charge on any atom is 0.304 e. The molecule has 0 amide bonds. The summed E-state index contributed by atoms with van der Waals surface area (Å²) >= 11 is 0.956. The third-order valence-corrected chi connectivity index (χ3v) is 4.45. The molecule has 2 aromatic rings. The molecule has 1 aromatic carbocycles. The van der Waals surface area contributed by atoms with E-state index < -0.39 is 10.0 Å². The number of aromatic hydroxyl groups is 1. The average Bonchev–Trinajstić information content (AvgIpc) is 2.76. The summed E-state index contributed by atoms with van der Waals surface area (Å²) in [6.45, 7) is -0.0259. The van der Waals surface area contributed by atoms with Crippen molar-refractivity contribution in [2.24, 2.45) is 0 Å². The maximum absolute atomic E-state index is 11.9. The molecule has 0 aliphatic rings. The van der Waals surface area contributed by atoms with E-state index in [0.717, 1.165) is 17.4 Å². The molecular formula is C10H11N3O4S2. The molecule has 0 unspecified atom stereocenters. The van der Waals surface area contributed by atoms with Crippen LogP contribution in [0.25, 0.3) is 0 Å². The minimum atomic E-state index is -3.75. The number of nitrogens with two attached hydrogens (primary N) is 1. The minimum absolute atomic E-state index is 0.0215. The molecule has 5 N–H and O–H groups in total. The lowest BCUT2D eigenvalue weighted by Gasteiger charge is -2.07. The second-order valence-electron chi connectivity index (χ2n) is 3.72. The van der Waals surface area contributed by atoms with Crippen LogP contribution in [0.4, 0.5) is 5.69 Å². The molecule has 7 nitrogen and oxygen atoms in total. The molecular weight excluding hydrogens is 290 g/mol. The summed E-state index contributed by atoms with van der Waals surface area (Å²) in [5, 5.41) is 10.8. The molecule has 2 rings (SSSR count). The second kappa shape index (κ2) is 5.03. The Morgan fingerprint density at radius 3 is 2.74 bits per heavy atom. The zero-order valence-electron chi connectivity index (χ0n) is 9.58. The third-order valence-electron chi connectivity index (χ3n) is 2.33. The van der Waals surface area contributed by atoms with Gasteiger partial charge in [0.2, 0.25) is 10.0 Å². The molecule has 0 saturated carbocycles. The van der Waals surface area contributed by atoms with Crippen LogP contribution in [0.3, 0.4) is 0 Å². The van der Waals surface area contributed by atoms with Crippen LogP contribution in [0.5, 0.6) is 5.75 Å². The van der Waals surface area contributed by atoms with Crippen molar-refractivity contribution < 1.29 is 13.5 Å². The van der Waals surface area contributed by atoms with E-state index in [1.807, 2.05) is 0 Å². The van der Waals surface area contributed by atoms with Crippen molar-refractivity contribution in [3.8, 4) is 5.75 Å². The summed E-state index contributed by atoms with van der Waals surface area (Å²) in [4.78, 5) is 13.1. The number of anilines is 1. The van der Waals surface area contributed by atoms with Crippen molar-refractivity contribution in [1.29, 1.82) is 0 Å². The first kappa shape index (κ1) is 13.6. The number of sulfonamides is 1. The number of hydrogen-bond acceptors (Lipinski definition) is 6. The van der Waals surface area contributed by atoms with Gasteiger partial charge in [-0.1, -0.05) is 11.3 Å². The van der Waals surface area contributed by atoms with Crippen LogP contribution in [0, 0.1) is 0 Å². The lowest BCUT2D eigenvalue weighted by Crippen LogP contribution is -2.23. The average molecular weight is 301 g/mol. The van der Waals surface area contributed by atoms with Crippen LogP contribution >= 0.6 is 11.3 Å². The summed E-state index contributed by atoms with van der Waals surface area (Å²) < 4.78 is 26.2. The van der Waals surface area contributed by atoms with Gasteiger partial charge in [-0.25, -0.2) is 13.1 Å². The Bertz CT molecular complexity index is 748. The Labute approximate surface area is 112 Å². The Balaban J connectivity index is 2.18. The molecule has 0 aliphatic carbocycles. The van der Waals surface area contributed by atoms with Crippen LogP contribution < -0.4 is 15.3 Å². The van der Waals surface area contributed by atoms with Gasteiger partial charge in [-0.2, -0.15) is 0 Å². The molecule has 1 heterocycles. The van der Waals surface area contributed by atoms with Gasteiger partial charge in [-0.15, -0.1) is 0 Å². The number of phenolic OH excluding ortho intramolecular Hbond substituents is 1. The van der Waals surface area contributed by atoms with Crippen LogP contribution in [0.1, 0.15) is 5.69 Å². The van der Waals surface area contributed by atoms with E-state index in [-0.39, 0.29) is 27.8 Å². The summed E-state index contributed by atoms with van der Waals surface area (Å²) in [6, 6.07) is 3.61. The van der Waals surface area contributed by atoms with E-state index in [0.29, 0.717) is 5.69 Å². The summed E-state index contributed by atoms with van der Waals surface area (Å²) in [5.74, 6) is -0.180. The van der Waals surface area contributed by atoms with Crippen LogP contribution in [-0.2, 0) is 16.6 Å². The highest BCUT2D eigenvalue weighted by molar-refractivity contribution is 7.89. The van der Waals surface area contributed by atoms with Crippen LogP contribution in [0.15, 0.2) is 33.3 Å². The van der Waals surface area contributed by atoms with E-state index in [1.54, 1.807) is 0 Å². The Morgan fingerprint density at radius 1 is 1.42 bits per heavy atom. The molecule has 0 atom stereocenters. The van der Waals surface area contributed by atoms with E-state index in [9.17, 15) is 18.3 Å². The number of aromatic amines is 1. The van der Waals surface area contributed by atoms with Gasteiger partial charge < -0.3 is 15.8 Å². The van der Waals surface area contributed by atoms with Gasteiger partial charge in [0.25, 0.3) is 0 Å². The first-order valence-corrected chi connectivity index (χ1v) is 7.49. The van der Waals surface area contributed by atoms with Crippen molar-refractivity contribution in [3.05, 3.63) is 38.9 Å². The van der Waals surface area contributed by atoms with E-state index >= 15 is 0 Å². The van der Waals surface area contributed by atoms with Crippen LogP contribution in [-0.4, -0.2) is 18.5 Å². The van der Waals surface area contributed by atoms with Gasteiger partial charge >= 0.3 is 4.87 Å². The zero-order chi connectivity index (χ0) is 14.0. The van der Waals surface area contributed by atoms with Gasteiger partial charge in [-0.3, -0.25) is 4.79 Å². The fourth-order valence-electron chi connectivity index (χ4n) is 1.36. The molecule has 1 aromatic heterocycles. The summed E-state index contributed by atoms with van der Waals surface area (Å²) in [5.41, 5.74) is 5.90. The van der Waals surface area contributed by atoms with Gasteiger partial charge in [0, 0.05) is 11.1 Å². The predicted octanol–water partition coefficient (Wildman–Crippen LogP) is 0.203. The van der Waals surface area contributed by atoms with Gasteiger partial charge in [0.05, 0.1) is 17.1 Å². The molecule has 0 radical (unpaired) electrons. The molecule has 102 valence electrons. The highest BCUT2D eigenvalue weighted by Crippen LogP contribution is 2.23. The van der Waals surface area contributed by atoms with E-state index in [4.69, 9.17) is 5.73 Å². The lowest BCUT2D eigenvalue weighted by atomic mass is 10.3. The first-order valence-electron chi connectivity index (χ1n) is 5.13. The minimum Gasteiger partial charge on any atom is -0.506 e. The summed E-state index contributed by atoms with van der Waals surface area (Å²) in [6.07, 6.45) is 0. The number of rotatable bonds is 4. The molecule has 0 bridgehead atoms. The largest absolute Gasteiger partial charge is 0.506 e. The standard InChI is InChI=1S/C10H11N3O4S2/c11-8-3-7(1-2-9(8)14)19(16,17)12-4-6-5-18-10(15)13-6/h1-3,5,12,14H,4,11H2,(H,13,15). The predicted molar refractivity (Wildman–Crippen MR) is 71.5 cm³/mol. The van der Waals surface area contributed by atoms with Gasteiger partial charge in [0.1, 0.15) is 5.75 Å². The Morgan fingerprint density at radius 2 is 2.16 bits per heavy atom. The van der Waals surface area contributed by atoms with Crippen molar-refractivity contribution in [2.45, 2.75) is 11.4 Å². The first-order chi connectivity index (χ1) is 8.88. The molecule has 0 fully saturated rings. The van der Waals surface area contributed by atoms with Crippen molar-refractivity contribution >= 4 is 27.0 Å². The molecule has 19 heavy (non-hydrogen) atoms. The quantitative estimate of drug-likeness (QED) is 0.474. The normalized spacial score (nSPS) is 11.6. The van der Waals surface area contributed by atoms with E-state index in [1.165, 1.54) is 17.5 Å². The number of H-pyrrole nitrogens is 1. The highest BCUT2D eigenvalue weighted by atomic mass is 32.2. The van der Waals surface area contributed by atoms with E-state index in [2.05, 4.69) is 9.71 Å². The Hall–Kier alpha value is -1.84. The Kier molecular flexibility index (Phi) is 3.60. The zero-order valence-corrected chi connectivity index (χ0v) is 11.2. The van der Waals surface area contributed by atoms with Crippen LogP contribution in [0.2, 0.25) is 0 Å². The third kappa shape index (κ3) is 3.13. The SMILES string of the molecule is Nc1cc(S(=O)(=O)NCc2csc(=O)[nH]2)ccc1O. The highest BCUT2D eigenvalue weighted by Gasteiger charge is 2.15. The fourth-order valence-corrected chi connectivity index (χ4v) is 2.98. The molecule has 0 spiro atoms. The number of aromatic nitrogens is 1. The second-order valence-corrected chi connectivity index (χ2v) is 6.33. The van der Waals surface area contributed by atoms with Crippen molar-refractivity contribution in [1.82, 2.24) is 9.71 Å². The topological polar surface area (TPSA) is 125 Å². The van der Waals surface area contributed by atoms with Gasteiger partial charge in [0.15, 0.2) is 0 Å². The fraction of sp³-hybridized carbons (Fsp3) is 0.100. The number of nitrogen functional groups attached to an aromatic ring is 1. The number of phenols is 1. The molecule has 9 heteroatoms. The number of thiazole rings is 1. The van der Waals surface area contributed by atoms with Crippen molar-refractivity contribution in [3.63, 3.8) is 0 Å². The van der Waals surface area contributed by atoms with Gasteiger partial charge in [-0.05, 0) is 18.2 Å². The van der Waals surface area contributed by atoms with Crippen molar-refractivity contribution in [2.75, 3.05) is 5.73 Å². The monoisotopic (exact) mass is 301 g/mol. The number of nitrogens with one attached hydrogen (secondary N) is 2. The molecule has 0 saturated heterocycles. The summed E-state index contributed by atoms with van der Waals surface area (Å²) in [7, 11) is -3.75. The smallest absolute Gasteiger partial charge is 0.304 e. The molecule has 0 aliphatic heterocycles. The number of hydrogen-bond donors (Lipinski definition) is 4.